The molecule has 0 unspecified atom stereocenters. The second-order valence-corrected chi connectivity index (χ2v) is 5.80. The van der Waals surface area contributed by atoms with E-state index in [9.17, 15) is 14.9 Å². The average molecular weight is 346 g/mol. The molecular weight excluding hydrogens is 324 g/mol. The second-order valence-electron chi connectivity index (χ2n) is 5.80. The number of carbonyl (C=O) groups excluding carboxylic acids is 1. The zero-order valence-corrected chi connectivity index (χ0v) is 14.9. The lowest BCUT2D eigenvalue weighted by molar-refractivity contribution is -0.385. The lowest BCUT2D eigenvalue weighted by atomic mass is 10.1. The van der Waals surface area contributed by atoms with E-state index < -0.39 is 4.92 Å². The van der Waals surface area contributed by atoms with Crippen molar-refractivity contribution in [1.29, 1.82) is 0 Å². The molecule has 1 aromatic heterocycles. The van der Waals surface area contributed by atoms with E-state index in [1.165, 1.54) is 6.07 Å². The predicted molar refractivity (Wildman–Crippen MR) is 93.4 cm³/mol. The van der Waals surface area contributed by atoms with Gasteiger partial charge in [-0.25, -0.2) is 0 Å². The molecule has 1 heterocycles. The fourth-order valence-corrected chi connectivity index (χ4v) is 2.79. The monoisotopic (exact) mass is 346 g/mol. The predicted octanol–water partition coefficient (Wildman–Crippen LogP) is 3.23. The van der Waals surface area contributed by atoms with E-state index in [-0.39, 0.29) is 18.1 Å². The number of nitro benzene ring substituents is 1. The van der Waals surface area contributed by atoms with Crippen LogP contribution in [0.3, 0.4) is 0 Å². The molecule has 0 aliphatic rings. The fourth-order valence-electron chi connectivity index (χ4n) is 2.79. The van der Waals surface area contributed by atoms with E-state index in [1.54, 1.807) is 26.2 Å². The van der Waals surface area contributed by atoms with Crippen LogP contribution in [0.1, 0.15) is 27.3 Å². The summed E-state index contributed by atoms with van der Waals surface area (Å²) in [7, 11) is 1.63. The van der Waals surface area contributed by atoms with Crippen LogP contribution in [0.5, 0.6) is 5.75 Å². The third kappa shape index (κ3) is 4.06. The van der Waals surface area contributed by atoms with Crippen LogP contribution in [0.15, 0.2) is 24.3 Å². The quantitative estimate of drug-likeness (QED) is 0.416. The van der Waals surface area contributed by atoms with Gasteiger partial charge >= 0.3 is 0 Å². The third-order valence-electron chi connectivity index (χ3n) is 4.20. The van der Waals surface area contributed by atoms with Crippen molar-refractivity contribution in [3.8, 4) is 5.75 Å². The molecule has 0 saturated heterocycles. The number of carbonyl (C=O) groups is 1. The minimum Gasteiger partial charge on any atom is -0.485 e. The number of ketones is 1. The number of nitrogens with zero attached hydrogens (tertiary/aromatic N) is 2. The molecule has 7 heteroatoms. The SMILES string of the molecule is COCCn1c(C)cc(C(=O)COc2cccc([N+](=O)[O-])c2C)c1C. The number of nitro groups is 1. The Kier molecular flexibility index (Phi) is 5.93. The van der Waals surface area contributed by atoms with Crippen LogP contribution in [0, 0.1) is 30.9 Å². The Balaban J connectivity index is 2.14. The maximum Gasteiger partial charge on any atom is 0.276 e. The molecule has 0 saturated carbocycles. The molecule has 0 atom stereocenters. The summed E-state index contributed by atoms with van der Waals surface area (Å²) < 4.78 is 12.7. The van der Waals surface area contributed by atoms with Gasteiger partial charge in [-0.2, -0.15) is 0 Å². The van der Waals surface area contributed by atoms with Crippen LogP contribution in [0.25, 0.3) is 0 Å². The maximum absolute atomic E-state index is 12.5. The van der Waals surface area contributed by atoms with Crippen molar-refractivity contribution >= 4 is 11.5 Å². The topological polar surface area (TPSA) is 83.6 Å². The van der Waals surface area contributed by atoms with Gasteiger partial charge in [0, 0.05) is 36.7 Å². The summed E-state index contributed by atoms with van der Waals surface area (Å²) in [5.74, 6) is 0.179. The van der Waals surface area contributed by atoms with Gasteiger partial charge in [-0.1, -0.05) is 6.07 Å². The van der Waals surface area contributed by atoms with Gasteiger partial charge in [-0.05, 0) is 32.9 Å². The zero-order chi connectivity index (χ0) is 18.6. The van der Waals surface area contributed by atoms with Crippen molar-refractivity contribution in [2.45, 2.75) is 27.3 Å². The van der Waals surface area contributed by atoms with Gasteiger partial charge in [0.15, 0.2) is 6.61 Å². The Morgan fingerprint density at radius 1 is 1.28 bits per heavy atom. The first-order valence-corrected chi connectivity index (χ1v) is 7.92. The molecule has 0 aliphatic carbocycles. The molecule has 2 aromatic rings. The summed E-state index contributed by atoms with van der Waals surface area (Å²) in [6, 6.07) is 6.41. The highest BCUT2D eigenvalue weighted by molar-refractivity contribution is 5.98. The highest BCUT2D eigenvalue weighted by atomic mass is 16.6. The van der Waals surface area contributed by atoms with Gasteiger partial charge in [-0.3, -0.25) is 14.9 Å². The first-order chi connectivity index (χ1) is 11.9. The summed E-state index contributed by atoms with van der Waals surface area (Å²) in [6.07, 6.45) is 0. The highest BCUT2D eigenvalue weighted by Gasteiger charge is 2.18. The Bertz CT molecular complexity index is 795. The Morgan fingerprint density at radius 2 is 2.00 bits per heavy atom. The number of Topliss-reactive ketones (excluding diaryl/α,β-unsaturated/α-hetero) is 1. The second kappa shape index (κ2) is 7.94. The number of benzene rings is 1. The molecule has 134 valence electrons. The molecule has 0 spiro atoms. The van der Waals surface area contributed by atoms with E-state index in [1.807, 2.05) is 24.5 Å². The lowest BCUT2D eigenvalue weighted by Gasteiger charge is -2.10. The number of methoxy groups -OCH3 is 1. The van der Waals surface area contributed by atoms with E-state index in [4.69, 9.17) is 9.47 Å². The number of hydrogen-bond donors (Lipinski definition) is 0. The largest absolute Gasteiger partial charge is 0.485 e. The van der Waals surface area contributed by atoms with Gasteiger partial charge in [0.1, 0.15) is 5.75 Å². The van der Waals surface area contributed by atoms with Crippen LogP contribution in [0.4, 0.5) is 5.69 Å². The molecular formula is C18H22N2O5. The van der Waals surface area contributed by atoms with Crippen LogP contribution < -0.4 is 4.74 Å². The van der Waals surface area contributed by atoms with E-state index >= 15 is 0 Å². The molecule has 25 heavy (non-hydrogen) atoms. The van der Waals surface area contributed by atoms with Crippen molar-refractivity contribution in [1.82, 2.24) is 4.57 Å². The number of aryl methyl sites for hydroxylation is 1. The van der Waals surface area contributed by atoms with Gasteiger partial charge in [0.2, 0.25) is 5.78 Å². The molecule has 7 nitrogen and oxygen atoms in total. The number of ether oxygens (including phenoxy) is 2. The average Bonchev–Trinajstić information content (AvgIpc) is 2.86. The standard InChI is InChI=1S/C18H22N2O5/c1-12-10-15(14(3)19(12)8-9-24-4)17(21)11-25-18-7-5-6-16(13(18)2)20(22)23/h5-7,10H,8-9,11H2,1-4H3. The zero-order valence-electron chi connectivity index (χ0n) is 14.9. The van der Waals surface area contributed by atoms with Crippen molar-refractivity contribution < 1.29 is 19.2 Å². The first kappa shape index (κ1) is 18.7. The number of rotatable bonds is 8. The molecule has 0 bridgehead atoms. The van der Waals surface area contributed by atoms with Gasteiger partial charge in [0.25, 0.3) is 5.69 Å². The van der Waals surface area contributed by atoms with Crippen molar-refractivity contribution in [2.75, 3.05) is 20.3 Å². The van der Waals surface area contributed by atoms with Gasteiger partial charge in [0.05, 0.1) is 17.1 Å². The maximum atomic E-state index is 12.5. The fraction of sp³-hybridized carbons (Fsp3) is 0.389. The molecule has 0 N–H and O–H groups in total. The van der Waals surface area contributed by atoms with Crippen molar-refractivity contribution in [3.05, 3.63) is 56.9 Å². The smallest absolute Gasteiger partial charge is 0.276 e. The number of hydrogen-bond acceptors (Lipinski definition) is 5. The first-order valence-electron chi connectivity index (χ1n) is 7.92. The van der Waals surface area contributed by atoms with Gasteiger partial charge < -0.3 is 14.0 Å². The van der Waals surface area contributed by atoms with Crippen LogP contribution >= 0.6 is 0 Å². The van der Waals surface area contributed by atoms with Crippen molar-refractivity contribution in [3.63, 3.8) is 0 Å². The molecule has 0 aliphatic heterocycles. The summed E-state index contributed by atoms with van der Waals surface area (Å²) in [4.78, 5) is 23.0. The van der Waals surface area contributed by atoms with E-state index in [0.29, 0.717) is 30.0 Å². The van der Waals surface area contributed by atoms with E-state index in [0.717, 1.165) is 11.4 Å². The molecule has 0 radical (unpaired) electrons. The summed E-state index contributed by atoms with van der Waals surface area (Å²) >= 11 is 0. The van der Waals surface area contributed by atoms with Crippen LogP contribution in [-0.4, -0.2) is 35.6 Å². The van der Waals surface area contributed by atoms with Crippen LogP contribution in [0.2, 0.25) is 0 Å². The minimum atomic E-state index is -0.465. The molecule has 1 aromatic carbocycles. The molecule has 0 fully saturated rings. The third-order valence-corrected chi connectivity index (χ3v) is 4.20. The van der Waals surface area contributed by atoms with Crippen LogP contribution in [-0.2, 0) is 11.3 Å². The lowest BCUT2D eigenvalue weighted by Crippen LogP contribution is -2.14. The Hall–Kier alpha value is -2.67. The van der Waals surface area contributed by atoms with E-state index in [2.05, 4.69) is 0 Å². The summed E-state index contributed by atoms with van der Waals surface area (Å²) in [5.41, 5.74) is 2.81. The Labute approximate surface area is 146 Å². The summed E-state index contributed by atoms with van der Waals surface area (Å²) in [5, 5.41) is 11.0. The number of aromatic nitrogens is 1. The normalized spacial score (nSPS) is 10.7. The highest BCUT2D eigenvalue weighted by Crippen LogP contribution is 2.27. The van der Waals surface area contributed by atoms with Crippen molar-refractivity contribution in [2.24, 2.45) is 0 Å². The van der Waals surface area contributed by atoms with Gasteiger partial charge in [-0.15, -0.1) is 0 Å². The molecule has 0 amide bonds. The molecule has 2 rings (SSSR count). The summed E-state index contributed by atoms with van der Waals surface area (Å²) in [6.45, 7) is 6.49. The Morgan fingerprint density at radius 3 is 2.64 bits per heavy atom. The minimum absolute atomic E-state index is 0.0253.